The zero-order chi connectivity index (χ0) is 12.1. The lowest BCUT2D eigenvalue weighted by Gasteiger charge is -1.95. The topological polar surface area (TPSA) is 54.9 Å². The summed E-state index contributed by atoms with van der Waals surface area (Å²) in [6, 6.07) is 3.70. The van der Waals surface area contributed by atoms with Gasteiger partial charge in [0.15, 0.2) is 5.13 Å². The van der Waals surface area contributed by atoms with E-state index in [-0.39, 0.29) is 5.91 Å². The molecule has 0 saturated heterocycles. The van der Waals surface area contributed by atoms with E-state index in [0.29, 0.717) is 5.13 Å². The smallest absolute Gasteiger partial charge is 0.250 e. The van der Waals surface area contributed by atoms with Gasteiger partial charge in [0.05, 0.1) is 5.69 Å². The molecule has 86 valence electrons. The van der Waals surface area contributed by atoms with Gasteiger partial charge in [-0.25, -0.2) is 4.98 Å². The Kier molecular flexibility index (Phi) is 3.62. The zero-order valence-corrected chi connectivity index (χ0v) is 10.1. The molecule has 0 aliphatic heterocycles. The fourth-order valence-corrected chi connectivity index (χ4v) is 1.90. The molecule has 4 nitrogen and oxygen atoms in total. The van der Waals surface area contributed by atoms with Gasteiger partial charge < -0.3 is 0 Å². The summed E-state index contributed by atoms with van der Waals surface area (Å²) < 4.78 is 0. The average molecular weight is 245 g/mol. The Balaban J connectivity index is 1.96. The van der Waals surface area contributed by atoms with Crippen LogP contribution in [-0.2, 0) is 4.79 Å². The molecule has 0 bridgehead atoms. The van der Waals surface area contributed by atoms with Gasteiger partial charge in [-0.15, -0.1) is 11.3 Å². The Labute approximate surface area is 103 Å². The minimum atomic E-state index is -0.191. The molecule has 0 unspecified atom stereocenters. The fraction of sp³-hybridized carbons (Fsp3) is 0.0833. The molecule has 0 radical (unpaired) electrons. The Morgan fingerprint density at radius 2 is 2.41 bits per heavy atom. The summed E-state index contributed by atoms with van der Waals surface area (Å²) in [5.41, 5.74) is 1.79. The van der Waals surface area contributed by atoms with E-state index in [2.05, 4.69) is 15.3 Å². The molecule has 5 heteroatoms. The number of pyridine rings is 1. The maximum atomic E-state index is 11.5. The van der Waals surface area contributed by atoms with Crippen molar-refractivity contribution in [3.05, 3.63) is 47.2 Å². The summed E-state index contributed by atoms with van der Waals surface area (Å²) in [4.78, 5) is 19.6. The molecule has 0 aromatic carbocycles. The van der Waals surface area contributed by atoms with Crippen LogP contribution in [0.5, 0.6) is 0 Å². The van der Waals surface area contributed by atoms with Crippen molar-refractivity contribution in [3.63, 3.8) is 0 Å². The predicted octanol–water partition coefficient (Wildman–Crippen LogP) is 2.50. The van der Waals surface area contributed by atoms with E-state index < -0.39 is 0 Å². The van der Waals surface area contributed by atoms with Crippen LogP contribution < -0.4 is 5.32 Å². The molecule has 0 atom stereocenters. The molecule has 0 aliphatic rings. The van der Waals surface area contributed by atoms with Crippen molar-refractivity contribution in [2.45, 2.75) is 6.92 Å². The van der Waals surface area contributed by atoms with Crippen molar-refractivity contribution in [2.24, 2.45) is 0 Å². The number of hydrogen-bond acceptors (Lipinski definition) is 4. The Bertz CT molecular complexity index is 534. The number of hydrogen-bond donors (Lipinski definition) is 1. The highest BCUT2D eigenvalue weighted by molar-refractivity contribution is 7.13. The van der Waals surface area contributed by atoms with Crippen molar-refractivity contribution in [1.82, 2.24) is 9.97 Å². The second-order valence-electron chi connectivity index (χ2n) is 3.40. The van der Waals surface area contributed by atoms with Gasteiger partial charge in [0.2, 0.25) is 5.91 Å². The molecular formula is C12H11N3OS. The highest BCUT2D eigenvalue weighted by Gasteiger charge is 2.01. The van der Waals surface area contributed by atoms with E-state index in [1.807, 2.05) is 24.4 Å². The quantitative estimate of drug-likeness (QED) is 0.845. The van der Waals surface area contributed by atoms with Crippen molar-refractivity contribution < 1.29 is 4.79 Å². The van der Waals surface area contributed by atoms with E-state index in [4.69, 9.17) is 0 Å². The van der Waals surface area contributed by atoms with Crippen LogP contribution in [0.3, 0.4) is 0 Å². The summed E-state index contributed by atoms with van der Waals surface area (Å²) in [6.45, 7) is 1.89. The maximum Gasteiger partial charge on any atom is 0.250 e. The first-order valence-corrected chi connectivity index (χ1v) is 5.93. The number of carbonyl (C=O) groups excluding carboxylic acids is 1. The summed E-state index contributed by atoms with van der Waals surface area (Å²) in [7, 11) is 0. The SMILES string of the molecule is Cc1csc(NC(=O)C=Cc2cccnc2)n1. The van der Waals surface area contributed by atoms with Crippen LogP contribution in [0, 0.1) is 6.92 Å². The van der Waals surface area contributed by atoms with Crippen LogP contribution in [0.4, 0.5) is 5.13 Å². The maximum absolute atomic E-state index is 11.5. The molecule has 0 saturated carbocycles. The Morgan fingerprint density at radius 3 is 3.06 bits per heavy atom. The Morgan fingerprint density at radius 1 is 1.53 bits per heavy atom. The lowest BCUT2D eigenvalue weighted by atomic mass is 10.2. The van der Waals surface area contributed by atoms with Gasteiger partial charge in [0, 0.05) is 23.8 Å². The van der Waals surface area contributed by atoms with Crippen LogP contribution in [0.15, 0.2) is 36.0 Å². The fourth-order valence-electron chi connectivity index (χ4n) is 1.20. The van der Waals surface area contributed by atoms with Crippen molar-refractivity contribution in [1.29, 1.82) is 0 Å². The highest BCUT2D eigenvalue weighted by atomic mass is 32.1. The first-order chi connectivity index (χ1) is 8.24. The summed E-state index contributed by atoms with van der Waals surface area (Å²) in [5.74, 6) is -0.191. The van der Waals surface area contributed by atoms with Gasteiger partial charge in [-0.1, -0.05) is 6.07 Å². The van der Waals surface area contributed by atoms with Crippen LogP contribution in [0.1, 0.15) is 11.3 Å². The second kappa shape index (κ2) is 5.36. The second-order valence-corrected chi connectivity index (χ2v) is 4.26. The van der Waals surface area contributed by atoms with Gasteiger partial charge in [-0.2, -0.15) is 0 Å². The standard InChI is InChI=1S/C12H11N3OS/c1-9-8-17-12(14-9)15-11(16)5-4-10-3-2-6-13-7-10/h2-8H,1H3,(H,14,15,16). The van der Waals surface area contributed by atoms with E-state index in [1.165, 1.54) is 17.4 Å². The molecule has 0 fully saturated rings. The number of carbonyl (C=O) groups is 1. The first kappa shape index (κ1) is 11.5. The molecule has 0 aliphatic carbocycles. The van der Waals surface area contributed by atoms with Gasteiger partial charge in [-0.3, -0.25) is 15.1 Å². The molecule has 2 rings (SSSR count). The molecule has 2 aromatic heterocycles. The highest BCUT2D eigenvalue weighted by Crippen LogP contribution is 2.14. The molecule has 1 N–H and O–H groups in total. The summed E-state index contributed by atoms with van der Waals surface area (Å²) in [5, 5.41) is 5.20. The average Bonchev–Trinajstić information content (AvgIpc) is 2.73. The summed E-state index contributed by atoms with van der Waals surface area (Å²) >= 11 is 1.41. The molecule has 2 aromatic rings. The number of aromatic nitrogens is 2. The number of nitrogens with zero attached hydrogens (tertiary/aromatic N) is 2. The minimum absolute atomic E-state index is 0.191. The minimum Gasteiger partial charge on any atom is -0.298 e. The van der Waals surface area contributed by atoms with Crippen LogP contribution in [0.25, 0.3) is 6.08 Å². The third-order valence-electron chi connectivity index (χ3n) is 1.96. The first-order valence-electron chi connectivity index (χ1n) is 5.05. The molecule has 1 amide bonds. The number of amides is 1. The molecule has 17 heavy (non-hydrogen) atoms. The van der Waals surface area contributed by atoms with Gasteiger partial charge in [0.25, 0.3) is 0 Å². The molecule has 2 heterocycles. The third kappa shape index (κ3) is 3.49. The molecule has 0 spiro atoms. The lowest BCUT2D eigenvalue weighted by molar-refractivity contribution is -0.111. The Hall–Kier alpha value is -2.01. The third-order valence-corrected chi connectivity index (χ3v) is 2.84. The van der Waals surface area contributed by atoms with Gasteiger partial charge in [-0.05, 0) is 24.6 Å². The lowest BCUT2D eigenvalue weighted by Crippen LogP contribution is -2.07. The predicted molar refractivity (Wildman–Crippen MR) is 68.8 cm³/mol. The van der Waals surface area contributed by atoms with Crippen LogP contribution >= 0.6 is 11.3 Å². The van der Waals surface area contributed by atoms with Crippen molar-refractivity contribution >= 4 is 28.5 Å². The number of nitrogens with one attached hydrogen (secondary N) is 1. The van der Waals surface area contributed by atoms with Crippen LogP contribution in [-0.4, -0.2) is 15.9 Å². The normalized spacial score (nSPS) is 10.6. The van der Waals surface area contributed by atoms with E-state index in [9.17, 15) is 4.79 Å². The van der Waals surface area contributed by atoms with Crippen molar-refractivity contribution in [3.8, 4) is 0 Å². The number of anilines is 1. The summed E-state index contributed by atoms with van der Waals surface area (Å²) in [6.07, 6.45) is 6.56. The van der Waals surface area contributed by atoms with Crippen LogP contribution in [0.2, 0.25) is 0 Å². The zero-order valence-electron chi connectivity index (χ0n) is 9.25. The van der Waals surface area contributed by atoms with Gasteiger partial charge >= 0.3 is 0 Å². The molecular weight excluding hydrogens is 234 g/mol. The number of rotatable bonds is 3. The van der Waals surface area contributed by atoms with E-state index in [0.717, 1.165) is 11.3 Å². The van der Waals surface area contributed by atoms with E-state index in [1.54, 1.807) is 18.5 Å². The van der Waals surface area contributed by atoms with Gasteiger partial charge in [0.1, 0.15) is 0 Å². The monoisotopic (exact) mass is 245 g/mol. The van der Waals surface area contributed by atoms with E-state index >= 15 is 0 Å². The van der Waals surface area contributed by atoms with Crippen molar-refractivity contribution in [2.75, 3.05) is 5.32 Å². The number of aryl methyl sites for hydroxylation is 1. The number of thiazole rings is 1. The largest absolute Gasteiger partial charge is 0.298 e.